The number of aromatic nitrogens is 1. The zero-order valence-electron chi connectivity index (χ0n) is 9.56. The molecule has 0 aliphatic carbocycles. The van der Waals surface area contributed by atoms with Crippen LogP contribution < -0.4 is 5.63 Å². The molecule has 0 saturated heterocycles. The Morgan fingerprint density at radius 1 is 1.11 bits per heavy atom. The van der Waals surface area contributed by atoms with Crippen LogP contribution in [-0.4, -0.2) is 4.98 Å². The van der Waals surface area contributed by atoms with Crippen molar-refractivity contribution in [1.82, 2.24) is 4.98 Å². The lowest BCUT2D eigenvalue weighted by atomic mass is 10.2. The lowest BCUT2D eigenvalue weighted by Gasteiger charge is -2.02. The molecular formula is C14H7ClINO2. The molecule has 0 atom stereocenters. The van der Waals surface area contributed by atoms with Gasteiger partial charge < -0.3 is 4.42 Å². The Labute approximate surface area is 127 Å². The monoisotopic (exact) mass is 383 g/mol. The normalized spacial score (nSPS) is 10.8. The lowest BCUT2D eigenvalue weighted by Crippen LogP contribution is -2.02. The molecule has 3 aromatic rings. The van der Waals surface area contributed by atoms with Gasteiger partial charge in [-0.05, 0) is 65.1 Å². The topological polar surface area (TPSA) is 43.1 Å². The van der Waals surface area contributed by atoms with Crippen molar-refractivity contribution >= 4 is 45.1 Å². The molecule has 2 aromatic carbocycles. The van der Waals surface area contributed by atoms with E-state index < -0.39 is 5.63 Å². The Morgan fingerprint density at radius 3 is 2.58 bits per heavy atom. The van der Waals surface area contributed by atoms with E-state index in [9.17, 15) is 4.79 Å². The molecule has 0 N–H and O–H groups in total. The predicted molar refractivity (Wildman–Crippen MR) is 83.4 cm³/mol. The van der Waals surface area contributed by atoms with Crippen LogP contribution in [0.5, 0.6) is 0 Å². The van der Waals surface area contributed by atoms with Gasteiger partial charge in [0.15, 0.2) is 0 Å². The van der Waals surface area contributed by atoms with Gasteiger partial charge in [0.1, 0.15) is 0 Å². The second-order valence-corrected chi connectivity index (χ2v) is 5.66. The van der Waals surface area contributed by atoms with E-state index in [0.717, 1.165) is 9.13 Å². The number of halogens is 2. The molecule has 3 rings (SSSR count). The van der Waals surface area contributed by atoms with Gasteiger partial charge in [-0.2, -0.15) is 0 Å². The summed E-state index contributed by atoms with van der Waals surface area (Å²) < 4.78 is 6.35. The molecule has 0 spiro atoms. The maximum Gasteiger partial charge on any atom is 0.347 e. The summed E-state index contributed by atoms with van der Waals surface area (Å²) in [6.45, 7) is 0. The summed E-state index contributed by atoms with van der Waals surface area (Å²) in [6.07, 6.45) is 0. The highest BCUT2D eigenvalue weighted by Gasteiger charge is 2.08. The van der Waals surface area contributed by atoms with Gasteiger partial charge in [0, 0.05) is 14.2 Å². The fourth-order valence-corrected chi connectivity index (χ4v) is 2.29. The van der Waals surface area contributed by atoms with E-state index in [-0.39, 0.29) is 0 Å². The van der Waals surface area contributed by atoms with Crippen LogP contribution >= 0.6 is 34.2 Å². The highest BCUT2D eigenvalue weighted by molar-refractivity contribution is 14.1. The van der Waals surface area contributed by atoms with Crippen LogP contribution in [0, 0.1) is 3.57 Å². The molecule has 3 nitrogen and oxygen atoms in total. The second kappa shape index (κ2) is 4.94. The molecule has 5 heteroatoms. The van der Waals surface area contributed by atoms with Crippen LogP contribution in [0.2, 0.25) is 5.02 Å². The molecule has 1 aromatic heterocycles. The molecule has 19 heavy (non-hydrogen) atoms. The maximum absolute atomic E-state index is 11.9. The quantitative estimate of drug-likeness (QED) is 0.594. The van der Waals surface area contributed by atoms with Crippen LogP contribution in [-0.2, 0) is 0 Å². The first-order chi connectivity index (χ1) is 9.13. The average Bonchev–Trinajstić information content (AvgIpc) is 2.38. The number of hydrogen-bond acceptors (Lipinski definition) is 3. The largest absolute Gasteiger partial charge is 0.403 e. The molecule has 0 aliphatic rings. The van der Waals surface area contributed by atoms with Crippen LogP contribution in [0.4, 0.5) is 0 Å². The summed E-state index contributed by atoms with van der Waals surface area (Å²) in [5.74, 6) is 0.302. The summed E-state index contributed by atoms with van der Waals surface area (Å²) >= 11 is 8.13. The molecule has 0 saturated carbocycles. The van der Waals surface area contributed by atoms with E-state index in [0.29, 0.717) is 21.8 Å². The fourth-order valence-electron chi connectivity index (χ4n) is 1.76. The predicted octanol–water partition coefficient (Wildman–Crippen LogP) is 4.11. The zero-order chi connectivity index (χ0) is 13.4. The van der Waals surface area contributed by atoms with Gasteiger partial charge >= 0.3 is 5.63 Å². The van der Waals surface area contributed by atoms with Crippen molar-refractivity contribution in [2.75, 3.05) is 0 Å². The highest BCUT2D eigenvalue weighted by atomic mass is 127. The first-order valence-electron chi connectivity index (χ1n) is 5.50. The van der Waals surface area contributed by atoms with Gasteiger partial charge in [0.05, 0.1) is 10.9 Å². The van der Waals surface area contributed by atoms with E-state index in [4.69, 9.17) is 16.0 Å². The van der Waals surface area contributed by atoms with Crippen LogP contribution in [0.1, 0.15) is 0 Å². The van der Waals surface area contributed by atoms with E-state index >= 15 is 0 Å². The van der Waals surface area contributed by atoms with Crippen LogP contribution in [0.3, 0.4) is 0 Å². The summed E-state index contributed by atoms with van der Waals surface area (Å²) in [6, 6.07) is 12.5. The minimum absolute atomic E-state index is 0.302. The van der Waals surface area contributed by atoms with Gasteiger partial charge in [0.2, 0.25) is 5.89 Å². The number of nitrogens with zero attached hydrogens (tertiary/aromatic N) is 1. The first-order valence-corrected chi connectivity index (χ1v) is 6.95. The van der Waals surface area contributed by atoms with Crippen molar-refractivity contribution < 1.29 is 4.42 Å². The van der Waals surface area contributed by atoms with Crippen molar-refractivity contribution in [3.8, 4) is 11.5 Å². The lowest BCUT2D eigenvalue weighted by molar-refractivity contribution is 0.518. The Morgan fingerprint density at radius 2 is 1.84 bits per heavy atom. The molecule has 0 fully saturated rings. The molecule has 0 aliphatic heterocycles. The molecule has 0 amide bonds. The van der Waals surface area contributed by atoms with Gasteiger partial charge in [-0.3, -0.25) is 0 Å². The second-order valence-electron chi connectivity index (χ2n) is 3.97. The summed E-state index contributed by atoms with van der Waals surface area (Å²) in [7, 11) is 0. The SMILES string of the molecule is O=c1oc(-c2ccc(I)cc2)nc2cc(Cl)ccc12. The van der Waals surface area contributed by atoms with Crippen LogP contribution in [0.25, 0.3) is 22.4 Å². The number of fused-ring (bicyclic) bond motifs is 1. The van der Waals surface area contributed by atoms with Crippen molar-refractivity contribution in [3.63, 3.8) is 0 Å². The number of rotatable bonds is 1. The third-order valence-corrected chi connectivity index (χ3v) is 3.64. The van der Waals surface area contributed by atoms with Crippen molar-refractivity contribution in [2.24, 2.45) is 0 Å². The minimum atomic E-state index is -0.407. The summed E-state index contributed by atoms with van der Waals surface area (Å²) in [4.78, 5) is 16.2. The minimum Gasteiger partial charge on any atom is -0.403 e. The van der Waals surface area contributed by atoms with E-state index in [1.165, 1.54) is 0 Å². The third kappa shape index (κ3) is 2.50. The molecular weight excluding hydrogens is 377 g/mol. The van der Waals surface area contributed by atoms with Crippen LogP contribution in [0.15, 0.2) is 51.7 Å². The first kappa shape index (κ1) is 12.6. The Kier molecular flexibility index (Phi) is 3.28. The van der Waals surface area contributed by atoms with Gasteiger partial charge in [0.25, 0.3) is 0 Å². The van der Waals surface area contributed by atoms with Gasteiger partial charge in [-0.25, -0.2) is 9.78 Å². The average molecular weight is 384 g/mol. The fraction of sp³-hybridized carbons (Fsp3) is 0. The molecule has 1 heterocycles. The van der Waals surface area contributed by atoms with Crippen molar-refractivity contribution in [1.29, 1.82) is 0 Å². The van der Waals surface area contributed by atoms with Crippen molar-refractivity contribution in [3.05, 3.63) is 61.5 Å². The van der Waals surface area contributed by atoms with E-state index in [2.05, 4.69) is 27.6 Å². The van der Waals surface area contributed by atoms with Gasteiger partial charge in [-0.15, -0.1) is 0 Å². The Bertz CT molecular complexity index is 812. The summed E-state index contributed by atoms with van der Waals surface area (Å²) in [5.41, 5.74) is 0.895. The Hall–Kier alpha value is -1.40. The zero-order valence-corrected chi connectivity index (χ0v) is 12.5. The van der Waals surface area contributed by atoms with E-state index in [1.54, 1.807) is 18.2 Å². The van der Waals surface area contributed by atoms with E-state index in [1.807, 2.05) is 24.3 Å². The summed E-state index contributed by atoms with van der Waals surface area (Å²) in [5, 5.41) is 0.970. The molecule has 94 valence electrons. The third-order valence-electron chi connectivity index (χ3n) is 2.68. The molecule has 0 bridgehead atoms. The van der Waals surface area contributed by atoms with Gasteiger partial charge in [-0.1, -0.05) is 11.6 Å². The van der Waals surface area contributed by atoms with Crippen molar-refractivity contribution in [2.45, 2.75) is 0 Å². The number of benzene rings is 2. The Balaban J connectivity index is 2.25. The smallest absolute Gasteiger partial charge is 0.347 e. The standard InChI is InChI=1S/C14H7ClINO2/c15-9-3-6-11-12(7-9)17-13(19-14(11)18)8-1-4-10(16)5-2-8/h1-7H. The molecule has 0 unspecified atom stereocenters. The maximum atomic E-state index is 11.9. The number of hydrogen-bond donors (Lipinski definition) is 0. The highest BCUT2D eigenvalue weighted by Crippen LogP contribution is 2.21. The molecule has 0 radical (unpaired) electrons.